The fourth-order valence-electron chi connectivity index (χ4n) is 0.0745. The van der Waals surface area contributed by atoms with Crippen molar-refractivity contribution in [1.82, 2.24) is 5.34 Å². The maximum absolute atomic E-state index is 4.86. The van der Waals surface area contributed by atoms with Crippen LogP contribution in [0.5, 0.6) is 0 Å². The van der Waals surface area contributed by atoms with Crippen molar-refractivity contribution in [3.8, 4) is 0 Å². The van der Waals surface area contributed by atoms with Crippen molar-refractivity contribution in [1.29, 1.82) is 0 Å². The second kappa shape index (κ2) is 3.05. The Morgan fingerprint density at radius 1 is 1.33 bits per heavy atom. The molecular weight excluding hydrogens is 84.0 g/mol. The molecule has 38 valence electrons. The maximum atomic E-state index is 4.86. The zero-order chi connectivity index (χ0) is 4.99. The number of nitrogens with zero attached hydrogens (tertiary/aromatic N) is 1. The van der Waals surface area contributed by atoms with Crippen LogP contribution in [-0.2, 0) is 9.68 Å². The highest BCUT2D eigenvalue weighted by atomic mass is 17.0. The summed E-state index contributed by atoms with van der Waals surface area (Å²) in [5, 5.41) is 0.750. The van der Waals surface area contributed by atoms with E-state index < -0.39 is 0 Å². The number of nitrogens with two attached hydrogens (primary N) is 1. The molecule has 0 radical (unpaired) electrons. The minimum Gasteiger partial charge on any atom is -0.264 e. The fourth-order valence-corrected chi connectivity index (χ4v) is 0.0745. The van der Waals surface area contributed by atoms with Crippen LogP contribution < -0.4 is 5.84 Å². The van der Waals surface area contributed by atoms with E-state index in [1.54, 1.807) is 0 Å². The minimum absolute atomic E-state index is 0.750. The molecule has 0 aliphatic carbocycles. The summed E-state index contributed by atoms with van der Waals surface area (Å²) in [6, 6.07) is 0. The van der Waals surface area contributed by atoms with Crippen LogP contribution in [0.4, 0.5) is 0 Å². The highest BCUT2D eigenvalue weighted by Crippen LogP contribution is 1.69. The Kier molecular flexibility index (Phi) is 2.97. The van der Waals surface area contributed by atoms with Gasteiger partial charge in [0.25, 0.3) is 0 Å². The van der Waals surface area contributed by atoms with Gasteiger partial charge < -0.3 is 0 Å². The zero-order valence-electron chi connectivity index (χ0n) is 3.84. The highest BCUT2D eigenvalue weighted by molar-refractivity contribution is 3.74. The van der Waals surface area contributed by atoms with Crippen LogP contribution in [0, 0.1) is 0 Å². The topological polar surface area (TPSA) is 47.7 Å². The van der Waals surface area contributed by atoms with Gasteiger partial charge in [0.2, 0.25) is 0 Å². The Morgan fingerprint density at radius 2 is 1.67 bits per heavy atom. The Balaban J connectivity index is 2.75. The first kappa shape index (κ1) is 5.84. The van der Waals surface area contributed by atoms with Crippen molar-refractivity contribution >= 4 is 0 Å². The van der Waals surface area contributed by atoms with Gasteiger partial charge in [-0.3, -0.25) is 9.68 Å². The summed E-state index contributed by atoms with van der Waals surface area (Å²) in [5.41, 5.74) is 0. The summed E-state index contributed by atoms with van der Waals surface area (Å²) >= 11 is 0. The maximum Gasteiger partial charge on any atom is 0.0616 e. The molecule has 0 aromatic carbocycles. The molecule has 0 fully saturated rings. The first-order chi connectivity index (χ1) is 2.81. The van der Waals surface area contributed by atoms with Crippen LogP contribution in [0.15, 0.2) is 0 Å². The summed E-state index contributed by atoms with van der Waals surface area (Å²) in [6.45, 7) is 0. The summed E-state index contributed by atoms with van der Waals surface area (Å²) in [6.07, 6.45) is 0. The van der Waals surface area contributed by atoms with Crippen molar-refractivity contribution in [3.05, 3.63) is 0 Å². The van der Waals surface area contributed by atoms with Crippen LogP contribution >= 0.6 is 0 Å². The third kappa shape index (κ3) is 2.10. The lowest BCUT2D eigenvalue weighted by atomic mass is 11.7. The zero-order valence-corrected chi connectivity index (χ0v) is 3.84. The Bertz CT molecular complexity index is 28.7. The average molecular weight is 92.1 g/mol. The van der Waals surface area contributed by atoms with Gasteiger partial charge in [0.05, 0.1) is 14.2 Å². The molecule has 0 rings (SSSR count). The molecular formula is C2H8N2O2. The van der Waals surface area contributed by atoms with Crippen LogP contribution in [-0.4, -0.2) is 19.6 Å². The van der Waals surface area contributed by atoms with Gasteiger partial charge in [-0.2, -0.15) is 0 Å². The third-order valence-corrected chi connectivity index (χ3v) is 0.360. The van der Waals surface area contributed by atoms with Crippen LogP contribution in [0.25, 0.3) is 0 Å². The largest absolute Gasteiger partial charge is 0.264 e. The van der Waals surface area contributed by atoms with Gasteiger partial charge in [-0.05, 0) is 0 Å². The molecule has 6 heavy (non-hydrogen) atoms. The van der Waals surface area contributed by atoms with E-state index in [1.165, 1.54) is 14.2 Å². The molecule has 0 amide bonds. The summed E-state index contributed by atoms with van der Waals surface area (Å²) < 4.78 is 0. The number of hydrogen-bond acceptors (Lipinski definition) is 4. The second-order valence-electron chi connectivity index (χ2n) is 0.651. The fraction of sp³-hybridized carbons (Fsp3) is 1.00. The number of hydrogen-bond donors (Lipinski definition) is 1. The monoisotopic (exact) mass is 92.1 g/mol. The standard InChI is InChI=1S/C2H8N2O2/c1-5-4(3)6-2/h3H2,1-2H3. The molecule has 0 aromatic rings. The lowest BCUT2D eigenvalue weighted by molar-refractivity contribution is -0.346. The van der Waals surface area contributed by atoms with Gasteiger partial charge in [-0.1, -0.05) is 0 Å². The Hall–Kier alpha value is -0.160. The van der Waals surface area contributed by atoms with E-state index in [9.17, 15) is 0 Å². The van der Waals surface area contributed by atoms with E-state index in [-0.39, 0.29) is 0 Å². The second-order valence-corrected chi connectivity index (χ2v) is 0.651. The van der Waals surface area contributed by atoms with E-state index in [2.05, 4.69) is 9.68 Å². The molecule has 2 N–H and O–H groups in total. The van der Waals surface area contributed by atoms with E-state index in [1.807, 2.05) is 0 Å². The quantitative estimate of drug-likeness (QED) is 0.361. The molecule has 0 aliphatic rings. The molecule has 0 heterocycles. The minimum atomic E-state index is 0.750. The Labute approximate surface area is 36.3 Å². The molecule has 0 unspecified atom stereocenters. The van der Waals surface area contributed by atoms with E-state index in [0.29, 0.717) is 0 Å². The lowest BCUT2D eigenvalue weighted by Crippen LogP contribution is -2.27. The first-order valence-corrected chi connectivity index (χ1v) is 1.44. The smallest absolute Gasteiger partial charge is 0.0616 e. The summed E-state index contributed by atoms with van der Waals surface area (Å²) in [4.78, 5) is 8.58. The molecule has 0 saturated carbocycles. The van der Waals surface area contributed by atoms with Crippen molar-refractivity contribution in [2.45, 2.75) is 0 Å². The molecule has 0 aromatic heterocycles. The van der Waals surface area contributed by atoms with Gasteiger partial charge in [-0.15, -0.1) is 0 Å². The van der Waals surface area contributed by atoms with Gasteiger partial charge >= 0.3 is 0 Å². The van der Waals surface area contributed by atoms with E-state index in [0.717, 1.165) is 5.34 Å². The molecule has 0 aliphatic heterocycles. The van der Waals surface area contributed by atoms with Gasteiger partial charge in [0.1, 0.15) is 0 Å². The summed E-state index contributed by atoms with van der Waals surface area (Å²) in [7, 11) is 2.81. The van der Waals surface area contributed by atoms with Crippen molar-refractivity contribution < 1.29 is 9.68 Å². The van der Waals surface area contributed by atoms with E-state index in [4.69, 9.17) is 5.84 Å². The first-order valence-electron chi connectivity index (χ1n) is 1.44. The number of rotatable bonds is 2. The third-order valence-electron chi connectivity index (χ3n) is 0.360. The van der Waals surface area contributed by atoms with Gasteiger partial charge in [-0.25, -0.2) is 5.84 Å². The molecule has 0 atom stereocenters. The lowest BCUT2D eigenvalue weighted by Gasteiger charge is -2.05. The summed E-state index contributed by atoms with van der Waals surface area (Å²) in [5.74, 6) is 4.86. The number of hydrazine groups is 1. The predicted octanol–water partition coefficient (Wildman–Crippen LogP) is -0.715. The van der Waals surface area contributed by atoms with E-state index >= 15 is 0 Å². The van der Waals surface area contributed by atoms with Crippen molar-refractivity contribution in [2.75, 3.05) is 14.2 Å². The van der Waals surface area contributed by atoms with Crippen molar-refractivity contribution in [3.63, 3.8) is 0 Å². The molecule has 4 heteroatoms. The SMILES string of the molecule is CON(N)OC. The van der Waals surface area contributed by atoms with Gasteiger partial charge in [0.15, 0.2) is 0 Å². The van der Waals surface area contributed by atoms with Crippen molar-refractivity contribution in [2.24, 2.45) is 5.84 Å². The molecule has 4 nitrogen and oxygen atoms in total. The normalized spacial score (nSPS) is 10.0. The molecule has 0 spiro atoms. The van der Waals surface area contributed by atoms with Crippen LogP contribution in [0.3, 0.4) is 0 Å². The predicted molar refractivity (Wildman–Crippen MR) is 20.0 cm³/mol. The molecule has 0 bridgehead atoms. The van der Waals surface area contributed by atoms with Crippen LogP contribution in [0.2, 0.25) is 0 Å². The Morgan fingerprint density at radius 3 is 1.67 bits per heavy atom. The highest BCUT2D eigenvalue weighted by Gasteiger charge is 1.82. The average Bonchev–Trinajstić information content (AvgIpc) is 1.65. The molecule has 0 saturated heterocycles. The van der Waals surface area contributed by atoms with Crippen LogP contribution in [0.1, 0.15) is 0 Å². The van der Waals surface area contributed by atoms with Gasteiger partial charge in [0, 0.05) is 5.34 Å².